The second-order valence-electron chi connectivity index (χ2n) is 3.02. The van der Waals surface area contributed by atoms with Gasteiger partial charge in [-0.15, -0.1) is 0 Å². The van der Waals surface area contributed by atoms with E-state index in [0.29, 0.717) is 5.92 Å². The van der Waals surface area contributed by atoms with E-state index in [1.165, 1.54) is 12.5 Å². The van der Waals surface area contributed by atoms with Crippen LogP contribution in [0.1, 0.15) is 19.8 Å². The van der Waals surface area contributed by atoms with E-state index in [0.717, 1.165) is 18.6 Å². The van der Waals surface area contributed by atoms with E-state index in [1.807, 2.05) is 6.08 Å². The van der Waals surface area contributed by atoms with E-state index in [2.05, 4.69) is 6.08 Å². The topological polar surface area (TPSA) is 26.3 Å². The molecule has 1 unspecified atom stereocenters. The first-order chi connectivity index (χ1) is 5.27. The molecule has 2 rings (SSSR count). The van der Waals surface area contributed by atoms with Crippen LogP contribution in [0, 0.1) is 5.92 Å². The lowest BCUT2D eigenvalue weighted by molar-refractivity contribution is -0.136. The summed E-state index contributed by atoms with van der Waals surface area (Å²) in [6.45, 7) is 1.44. The van der Waals surface area contributed by atoms with Gasteiger partial charge in [0.15, 0.2) is 0 Å². The molecular weight excluding hydrogens is 140 g/mol. The Hall–Kier alpha value is -1.05. The highest BCUT2D eigenvalue weighted by Gasteiger charge is 2.34. The van der Waals surface area contributed by atoms with Crippen LogP contribution in [0.5, 0.6) is 0 Å². The summed E-state index contributed by atoms with van der Waals surface area (Å²) in [6, 6.07) is 0. The van der Waals surface area contributed by atoms with Gasteiger partial charge in [-0.2, -0.15) is 0 Å². The largest absolute Gasteiger partial charge is 0.427 e. The highest BCUT2D eigenvalue weighted by Crippen LogP contribution is 2.46. The van der Waals surface area contributed by atoms with Gasteiger partial charge in [-0.25, -0.2) is 0 Å². The Morgan fingerprint density at radius 2 is 2.55 bits per heavy atom. The second-order valence-corrected chi connectivity index (χ2v) is 3.02. The molecule has 2 aliphatic rings. The number of esters is 1. The molecule has 0 spiro atoms. The van der Waals surface area contributed by atoms with Crippen LogP contribution in [0.15, 0.2) is 23.5 Å². The number of carbonyl (C=O) groups excluding carboxylic acids is 1. The zero-order valence-electron chi connectivity index (χ0n) is 6.46. The standard InChI is InChI=1S/C9H10O2/c1-6(10)11-9-4-2-3-7-5-8(7)9/h2,4,7H,3,5H2,1H3. The minimum atomic E-state index is -0.218. The third-order valence-electron chi connectivity index (χ3n) is 2.06. The predicted octanol–water partition coefficient (Wildman–Crippen LogP) is 1.78. The summed E-state index contributed by atoms with van der Waals surface area (Å²) in [7, 11) is 0. The maximum absolute atomic E-state index is 10.6. The van der Waals surface area contributed by atoms with Crippen LogP contribution in [0.25, 0.3) is 0 Å². The van der Waals surface area contributed by atoms with Crippen LogP contribution in [0.2, 0.25) is 0 Å². The monoisotopic (exact) mass is 150 g/mol. The molecule has 0 aromatic rings. The molecule has 0 N–H and O–H groups in total. The normalized spacial score (nSPS) is 26.5. The van der Waals surface area contributed by atoms with Crippen LogP contribution in [0.3, 0.4) is 0 Å². The molecule has 1 atom stereocenters. The van der Waals surface area contributed by atoms with Crippen LogP contribution >= 0.6 is 0 Å². The van der Waals surface area contributed by atoms with Crippen LogP contribution in [-0.4, -0.2) is 5.97 Å². The Bertz CT molecular complexity index is 261. The van der Waals surface area contributed by atoms with Crippen LogP contribution in [0.4, 0.5) is 0 Å². The maximum Gasteiger partial charge on any atom is 0.308 e. The summed E-state index contributed by atoms with van der Waals surface area (Å²) in [5.74, 6) is 1.27. The van der Waals surface area contributed by atoms with Crippen molar-refractivity contribution in [2.75, 3.05) is 0 Å². The van der Waals surface area contributed by atoms with E-state index < -0.39 is 0 Å². The Morgan fingerprint density at radius 3 is 3.27 bits per heavy atom. The Labute approximate surface area is 65.5 Å². The van der Waals surface area contributed by atoms with Gasteiger partial charge in [0.1, 0.15) is 5.76 Å². The average molecular weight is 150 g/mol. The van der Waals surface area contributed by atoms with Crippen molar-refractivity contribution in [3.63, 3.8) is 0 Å². The molecule has 0 aromatic carbocycles. The maximum atomic E-state index is 10.6. The number of hydrogen-bond acceptors (Lipinski definition) is 2. The third kappa shape index (κ3) is 1.20. The van der Waals surface area contributed by atoms with Gasteiger partial charge in [0.05, 0.1) is 0 Å². The van der Waals surface area contributed by atoms with Gasteiger partial charge in [0.25, 0.3) is 0 Å². The lowest BCUT2D eigenvalue weighted by Crippen LogP contribution is -1.98. The number of hydrogen-bond donors (Lipinski definition) is 0. The molecule has 1 saturated carbocycles. The van der Waals surface area contributed by atoms with Crippen LogP contribution in [-0.2, 0) is 9.53 Å². The van der Waals surface area contributed by atoms with Gasteiger partial charge in [-0.3, -0.25) is 4.79 Å². The van der Waals surface area contributed by atoms with Crippen molar-refractivity contribution in [1.82, 2.24) is 0 Å². The Balaban J connectivity index is 2.13. The number of fused-ring (bicyclic) bond motifs is 1. The summed E-state index contributed by atoms with van der Waals surface area (Å²) in [5.41, 5.74) is 1.32. The second kappa shape index (κ2) is 2.22. The number of rotatable bonds is 1. The molecule has 0 aromatic heterocycles. The van der Waals surface area contributed by atoms with Crippen molar-refractivity contribution in [3.05, 3.63) is 23.5 Å². The zero-order valence-corrected chi connectivity index (χ0v) is 6.46. The summed E-state index contributed by atoms with van der Waals surface area (Å²) in [6.07, 6.45) is 6.22. The molecule has 2 heteroatoms. The van der Waals surface area contributed by atoms with E-state index >= 15 is 0 Å². The van der Waals surface area contributed by atoms with Gasteiger partial charge >= 0.3 is 5.97 Å². The fraction of sp³-hybridized carbons (Fsp3) is 0.444. The first-order valence-electron chi connectivity index (χ1n) is 3.85. The van der Waals surface area contributed by atoms with Gasteiger partial charge < -0.3 is 4.74 Å². The minimum Gasteiger partial charge on any atom is -0.427 e. The molecule has 0 heterocycles. The molecule has 0 amide bonds. The van der Waals surface area contributed by atoms with E-state index in [9.17, 15) is 4.79 Å². The molecule has 2 nitrogen and oxygen atoms in total. The Kier molecular flexibility index (Phi) is 1.34. The number of allylic oxidation sites excluding steroid dienone is 3. The first-order valence-corrected chi connectivity index (χ1v) is 3.85. The van der Waals surface area contributed by atoms with Gasteiger partial charge in [-0.1, -0.05) is 6.08 Å². The summed E-state index contributed by atoms with van der Waals surface area (Å²) in [4.78, 5) is 10.6. The van der Waals surface area contributed by atoms with Gasteiger partial charge in [0.2, 0.25) is 0 Å². The predicted molar refractivity (Wildman–Crippen MR) is 40.7 cm³/mol. The lowest BCUT2D eigenvalue weighted by Gasteiger charge is -2.04. The SMILES string of the molecule is CC(=O)OC1=C2CC2CC=C1. The van der Waals surface area contributed by atoms with Crippen molar-refractivity contribution >= 4 is 5.97 Å². The highest BCUT2D eigenvalue weighted by atomic mass is 16.5. The fourth-order valence-corrected chi connectivity index (χ4v) is 1.43. The molecule has 0 saturated heterocycles. The first kappa shape index (κ1) is 6.65. The lowest BCUT2D eigenvalue weighted by atomic mass is 10.2. The molecule has 11 heavy (non-hydrogen) atoms. The molecule has 0 bridgehead atoms. The summed E-state index contributed by atoms with van der Waals surface area (Å²) < 4.78 is 5.00. The van der Waals surface area contributed by atoms with Crippen molar-refractivity contribution in [2.24, 2.45) is 5.92 Å². The number of carbonyl (C=O) groups is 1. The average Bonchev–Trinajstić information content (AvgIpc) is 2.65. The highest BCUT2D eigenvalue weighted by molar-refractivity contribution is 5.68. The summed E-state index contributed by atoms with van der Waals surface area (Å²) >= 11 is 0. The summed E-state index contributed by atoms with van der Waals surface area (Å²) in [5, 5.41) is 0. The van der Waals surface area contributed by atoms with Gasteiger partial charge in [-0.05, 0) is 30.4 Å². The number of ether oxygens (including phenoxy) is 1. The molecule has 0 radical (unpaired) electrons. The van der Waals surface area contributed by atoms with E-state index in [1.54, 1.807) is 0 Å². The smallest absolute Gasteiger partial charge is 0.308 e. The molecular formula is C9H10O2. The van der Waals surface area contributed by atoms with Crippen molar-refractivity contribution in [2.45, 2.75) is 19.8 Å². The Morgan fingerprint density at radius 1 is 1.73 bits per heavy atom. The van der Waals surface area contributed by atoms with Crippen molar-refractivity contribution < 1.29 is 9.53 Å². The third-order valence-corrected chi connectivity index (χ3v) is 2.06. The minimum absolute atomic E-state index is 0.218. The van der Waals surface area contributed by atoms with Crippen molar-refractivity contribution in [3.8, 4) is 0 Å². The molecule has 0 aliphatic heterocycles. The molecule has 1 fully saturated rings. The quantitative estimate of drug-likeness (QED) is 0.532. The van der Waals surface area contributed by atoms with Crippen LogP contribution < -0.4 is 0 Å². The van der Waals surface area contributed by atoms with E-state index in [-0.39, 0.29) is 5.97 Å². The van der Waals surface area contributed by atoms with E-state index in [4.69, 9.17) is 4.74 Å². The molecule has 2 aliphatic carbocycles. The van der Waals surface area contributed by atoms with Crippen molar-refractivity contribution in [1.29, 1.82) is 0 Å². The molecule has 58 valence electrons. The zero-order chi connectivity index (χ0) is 7.84. The fourth-order valence-electron chi connectivity index (χ4n) is 1.43. The van der Waals surface area contributed by atoms with Gasteiger partial charge in [0, 0.05) is 6.92 Å².